The van der Waals surface area contributed by atoms with E-state index < -0.39 is 10.0 Å². The molecule has 0 aliphatic carbocycles. The summed E-state index contributed by atoms with van der Waals surface area (Å²) in [6.45, 7) is 6.02. The number of nitrogen functional groups attached to an aromatic ring is 1. The van der Waals surface area contributed by atoms with E-state index in [0.29, 0.717) is 17.3 Å². The van der Waals surface area contributed by atoms with E-state index in [0.717, 1.165) is 11.1 Å². The maximum absolute atomic E-state index is 12.4. The first-order valence-electron chi connectivity index (χ1n) is 6.78. The number of nitrogens with one attached hydrogen (secondary N) is 1. The molecule has 0 amide bonds. The third kappa shape index (κ3) is 3.55. The second kappa shape index (κ2) is 5.77. The molecule has 112 valence electrons. The summed E-state index contributed by atoms with van der Waals surface area (Å²) in [6, 6.07) is 12.0. The molecule has 21 heavy (non-hydrogen) atoms. The Morgan fingerprint density at radius 1 is 1.05 bits per heavy atom. The summed E-state index contributed by atoms with van der Waals surface area (Å²) in [5.41, 5.74) is 8.71. The predicted molar refractivity (Wildman–Crippen MR) is 86.9 cm³/mol. The van der Waals surface area contributed by atoms with Gasteiger partial charge in [-0.3, -0.25) is 4.72 Å². The highest BCUT2D eigenvalue weighted by Crippen LogP contribution is 2.25. The Kier molecular flexibility index (Phi) is 4.23. The number of benzene rings is 2. The van der Waals surface area contributed by atoms with Crippen molar-refractivity contribution in [1.82, 2.24) is 0 Å². The summed E-state index contributed by atoms with van der Waals surface area (Å²) in [6.07, 6.45) is 0. The molecule has 2 aromatic rings. The summed E-state index contributed by atoms with van der Waals surface area (Å²) < 4.78 is 27.4. The Bertz CT molecular complexity index is 735. The van der Waals surface area contributed by atoms with Crippen molar-refractivity contribution in [3.8, 4) is 0 Å². The number of sulfonamides is 1. The maximum atomic E-state index is 12.4. The number of hydrogen-bond acceptors (Lipinski definition) is 3. The number of hydrogen-bond donors (Lipinski definition) is 2. The zero-order chi connectivity index (χ0) is 15.6. The highest BCUT2D eigenvalue weighted by atomic mass is 32.2. The molecule has 0 saturated heterocycles. The van der Waals surface area contributed by atoms with Crippen LogP contribution in [0.5, 0.6) is 0 Å². The van der Waals surface area contributed by atoms with E-state index in [1.54, 1.807) is 12.1 Å². The van der Waals surface area contributed by atoms with Crippen molar-refractivity contribution in [2.45, 2.75) is 31.6 Å². The molecule has 0 saturated carbocycles. The molecule has 0 heterocycles. The molecular formula is C16H20N2O2S. The van der Waals surface area contributed by atoms with Gasteiger partial charge < -0.3 is 5.73 Å². The first-order chi connectivity index (χ1) is 9.79. The molecule has 0 spiro atoms. The van der Waals surface area contributed by atoms with Gasteiger partial charge in [0.2, 0.25) is 0 Å². The molecule has 0 radical (unpaired) electrons. The minimum atomic E-state index is -3.60. The van der Waals surface area contributed by atoms with Crippen LogP contribution in [0.1, 0.15) is 30.9 Å². The van der Waals surface area contributed by atoms with Crippen LogP contribution >= 0.6 is 0 Å². The lowest BCUT2D eigenvalue weighted by Crippen LogP contribution is -2.14. The normalized spacial score (nSPS) is 11.6. The lowest BCUT2D eigenvalue weighted by Gasteiger charge is -2.14. The second-order valence-electron chi connectivity index (χ2n) is 5.40. The summed E-state index contributed by atoms with van der Waals surface area (Å²) in [5, 5.41) is 0. The molecule has 5 heteroatoms. The van der Waals surface area contributed by atoms with Crippen LogP contribution in [0.25, 0.3) is 0 Å². The van der Waals surface area contributed by atoms with Gasteiger partial charge in [0.1, 0.15) is 0 Å². The summed E-state index contributed by atoms with van der Waals surface area (Å²) >= 11 is 0. The van der Waals surface area contributed by atoms with Gasteiger partial charge in [-0.05, 0) is 54.3 Å². The third-order valence-corrected chi connectivity index (χ3v) is 4.74. The van der Waals surface area contributed by atoms with E-state index in [4.69, 9.17) is 5.73 Å². The van der Waals surface area contributed by atoms with E-state index in [-0.39, 0.29) is 4.90 Å². The molecule has 4 nitrogen and oxygen atoms in total. The van der Waals surface area contributed by atoms with Crippen molar-refractivity contribution in [1.29, 1.82) is 0 Å². The Hall–Kier alpha value is -2.01. The molecule has 0 unspecified atom stereocenters. The first-order valence-corrected chi connectivity index (χ1v) is 8.27. The van der Waals surface area contributed by atoms with E-state index in [9.17, 15) is 8.42 Å². The van der Waals surface area contributed by atoms with Crippen LogP contribution in [-0.4, -0.2) is 8.42 Å². The number of rotatable bonds is 4. The van der Waals surface area contributed by atoms with Gasteiger partial charge in [0, 0.05) is 5.69 Å². The molecule has 0 atom stereocenters. The molecular weight excluding hydrogens is 284 g/mol. The van der Waals surface area contributed by atoms with Gasteiger partial charge in [-0.2, -0.15) is 0 Å². The second-order valence-corrected chi connectivity index (χ2v) is 7.09. The van der Waals surface area contributed by atoms with Gasteiger partial charge in [-0.15, -0.1) is 0 Å². The Morgan fingerprint density at radius 2 is 1.67 bits per heavy atom. The monoisotopic (exact) mass is 304 g/mol. The molecule has 0 bridgehead atoms. The van der Waals surface area contributed by atoms with Crippen molar-refractivity contribution < 1.29 is 8.42 Å². The van der Waals surface area contributed by atoms with E-state index in [1.807, 2.05) is 25.1 Å². The molecule has 3 N–H and O–H groups in total. The van der Waals surface area contributed by atoms with Gasteiger partial charge in [0.05, 0.1) is 10.6 Å². The highest BCUT2D eigenvalue weighted by molar-refractivity contribution is 7.92. The van der Waals surface area contributed by atoms with Crippen molar-refractivity contribution in [2.75, 3.05) is 10.5 Å². The molecule has 0 fully saturated rings. The highest BCUT2D eigenvalue weighted by Gasteiger charge is 2.15. The molecule has 2 aromatic carbocycles. The maximum Gasteiger partial charge on any atom is 0.261 e. The van der Waals surface area contributed by atoms with Crippen LogP contribution in [0.15, 0.2) is 47.4 Å². The largest absolute Gasteiger partial charge is 0.399 e. The van der Waals surface area contributed by atoms with E-state index in [1.165, 1.54) is 12.1 Å². The van der Waals surface area contributed by atoms with Gasteiger partial charge in [-0.25, -0.2) is 8.42 Å². The third-order valence-electron chi connectivity index (χ3n) is 3.36. The van der Waals surface area contributed by atoms with E-state index >= 15 is 0 Å². The van der Waals surface area contributed by atoms with Crippen LogP contribution in [0.2, 0.25) is 0 Å². The Labute approximate surface area is 126 Å². The minimum absolute atomic E-state index is 0.200. The fourth-order valence-electron chi connectivity index (χ4n) is 1.96. The molecule has 2 rings (SSSR count). The van der Waals surface area contributed by atoms with Crippen molar-refractivity contribution in [2.24, 2.45) is 0 Å². The van der Waals surface area contributed by atoms with E-state index in [2.05, 4.69) is 18.6 Å². The van der Waals surface area contributed by atoms with Crippen molar-refractivity contribution >= 4 is 21.4 Å². The quantitative estimate of drug-likeness (QED) is 0.849. The SMILES string of the molecule is Cc1ccc(C(C)C)cc1NS(=O)(=O)c1ccc(N)cc1. The number of nitrogens with two attached hydrogens (primary N) is 1. The topological polar surface area (TPSA) is 72.2 Å². The average Bonchev–Trinajstić information content (AvgIpc) is 2.41. The Balaban J connectivity index is 2.36. The Morgan fingerprint density at radius 3 is 2.24 bits per heavy atom. The van der Waals surface area contributed by atoms with Gasteiger partial charge >= 0.3 is 0 Å². The minimum Gasteiger partial charge on any atom is -0.399 e. The molecule has 0 aromatic heterocycles. The van der Waals surface area contributed by atoms with Crippen molar-refractivity contribution in [3.05, 3.63) is 53.6 Å². The molecule has 0 aliphatic heterocycles. The fourth-order valence-corrected chi connectivity index (χ4v) is 3.08. The van der Waals surface area contributed by atoms with Crippen LogP contribution in [0, 0.1) is 6.92 Å². The van der Waals surface area contributed by atoms with Crippen LogP contribution < -0.4 is 10.5 Å². The smallest absolute Gasteiger partial charge is 0.261 e. The first kappa shape index (κ1) is 15.4. The van der Waals surface area contributed by atoms with Gasteiger partial charge in [0.25, 0.3) is 10.0 Å². The van der Waals surface area contributed by atoms with Crippen LogP contribution in [0.3, 0.4) is 0 Å². The zero-order valence-electron chi connectivity index (χ0n) is 12.4. The lowest BCUT2D eigenvalue weighted by atomic mass is 10.0. The number of aryl methyl sites for hydroxylation is 1. The summed E-state index contributed by atoms with van der Waals surface area (Å²) in [5.74, 6) is 0.338. The average molecular weight is 304 g/mol. The van der Waals surface area contributed by atoms with Gasteiger partial charge in [0.15, 0.2) is 0 Å². The summed E-state index contributed by atoms with van der Waals surface area (Å²) in [7, 11) is -3.60. The lowest BCUT2D eigenvalue weighted by molar-refractivity contribution is 0.601. The van der Waals surface area contributed by atoms with Gasteiger partial charge in [-0.1, -0.05) is 26.0 Å². The van der Waals surface area contributed by atoms with Crippen LogP contribution in [0.4, 0.5) is 11.4 Å². The standard InChI is InChI=1S/C16H20N2O2S/c1-11(2)13-5-4-12(3)16(10-13)18-21(19,20)15-8-6-14(17)7-9-15/h4-11,18H,17H2,1-3H3. The van der Waals surface area contributed by atoms with Crippen molar-refractivity contribution in [3.63, 3.8) is 0 Å². The fraction of sp³-hybridized carbons (Fsp3) is 0.250. The van der Waals surface area contributed by atoms with Crippen LogP contribution in [-0.2, 0) is 10.0 Å². The number of anilines is 2. The zero-order valence-corrected chi connectivity index (χ0v) is 13.2. The predicted octanol–water partition coefficient (Wildman–Crippen LogP) is 3.50. The summed E-state index contributed by atoms with van der Waals surface area (Å²) in [4.78, 5) is 0.200. The molecule has 0 aliphatic rings.